The third-order valence-corrected chi connectivity index (χ3v) is 5.03. The highest BCUT2D eigenvalue weighted by molar-refractivity contribution is 8.26. The lowest BCUT2D eigenvalue weighted by Crippen LogP contribution is -2.32. The number of halogens is 1. The van der Waals surface area contributed by atoms with Crippen LogP contribution in [0.4, 0.5) is 0 Å². The lowest BCUT2D eigenvalue weighted by atomic mass is 10.2. The fourth-order valence-electron chi connectivity index (χ4n) is 1.63. The lowest BCUT2D eigenvalue weighted by Gasteiger charge is -2.15. The number of hydrogen-bond acceptors (Lipinski definition) is 6. The molecule has 0 saturated carbocycles. The summed E-state index contributed by atoms with van der Waals surface area (Å²) in [6.07, 6.45) is 1.59. The van der Waals surface area contributed by atoms with Gasteiger partial charge in [-0.1, -0.05) is 53.8 Å². The Morgan fingerprint density at radius 3 is 2.67 bits per heavy atom. The molecule has 1 aromatic carbocycles. The second-order valence-electron chi connectivity index (χ2n) is 4.12. The first-order valence-corrected chi connectivity index (χ1v) is 8.89. The van der Waals surface area contributed by atoms with E-state index < -0.39 is 21.8 Å². The van der Waals surface area contributed by atoms with Gasteiger partial charge in [0.15, 0.2) is 0 Å². The van der Waals surface area contributed by atoms with Gasteiger partial charge in [-0.15, -0.1) is 0 Å². The van der Waals surface area contributed by atoms with Gasteiger partial charge in [0.1, 0.15) is 4.32 Å². The first-order chi connectivity index (χ1) is 9.78. The van der Waals surface area contributed by atoms with Crippen LogP contribution < -0.4 is 0 Å². The third-order valence-electron chi connectivity index (χ3n) is 2.63. The Bertz CT molecular complexity index is 730. The van der Waals surface area contributed by atoms with E-state index in [0.29, 0.717) is 15.5 Å². The maximum Gasteiger partial charge on any atom is 0.266 e. The maximum atomic E-state index is 12.2. The molecule has 1 amide bonds. The van der Waals surface area contributed by atoms with Crippen LogP contribution in [0, 0.1) is 0 Å². The summed E-state index contributed by atoms with van der Waals surface area (Å²) in [6.45, 7) is -0.240. The number of benzene rings is 1. The van der Waals surface area contributed by atoms with E-state index in [4.69, 9.17) is 23.8 Å². The van der Waals surface area contributed by atoms with Crippen LogP contribution in [-0.4, -0.2) is 40.4 Å². The van der Waals surface area contributed by atoms with Crippen LogP contribution in [0.2, 0.25) is 5.02 Å². The van der Waals surface area contributed by atoms with Gasteiger partial charge < -0.3 is 4.55 Å². The van der Waals surface area contributed by atoms with Gasteiger partial charge in [0, 0.05) is 11.6 Å². The van der Waals surface area contributed by atoms with Gasteiger partial charge in [0.2, 0.25) is 0 Å². The molecule has 1 aliphatic heterocycles. The Labute approximate surface area is 136 Å². The first kappa shape index (κ1) is 16.4. The van der Waals surface area contributed by atoms with Crippen LogP contribution in [0.5, 0.6) is 0 Å². The van der Waals surface area contributed by atoms with Gasteiger partial charge >= 0.3 is 0 Å². The van der Waals surface area contributed by atoms with Gasteiger partial charge in [-0.2, -0.15) is 0 Å². The number of carbonyl (C=O) groups excluding carboxylic acids is 1. The summed E-state index contributed by atoms with van der Waals surface area (Å²) in [4.78, 5) is 13.6. The molecule has 1 aromatic rings. The smallest absolute Gasteiger partial charge is 0.266 e. The molecule has 0 aliphatic carbocycles. The Hall–Kier alpha value is -0.930. The molecule has 1 aliphatic rings. The van der Waals surface area contributed by atoms with Gasteiger partial charge in [-0.3, -0.25) is 9.69 Å². The van der Waals surface area contributed by atoms with Crippen molar-refractivity contribution in [2.75, 3.05) is 12.3 Å². The van der Waals surface area contributed by atoms with Gasteiger partial charge in [0.05, 0.1) is 20.8 Å². The van der Waals surface area contributed by atoms with Crippen molar-refractivity contribution in [2.24, 2.45) is 0 Å². The van der Waals surface area contributed by atoms with E-state index in [1.165, 1.54) is 0 Å². The largest absolute Gasteiger partial charge is 0.748 e. The van der Waals surface area contributed by atoms with E-state index in [1.807, 2.05) is 0 Å². The lowest BCUT2D eigenvalue weighted by molar-refractivity contribution is -0.121. The van der Waals surface area contributed by atoms with Crippen molar-refractivity contribution in [3.8, 4) is 0 Å². The monoisotopic (exact) mass is 362 g/mol. The van der Waals surface area contributed by atoms with Crippen molar-refractivity contribution in [3.05, 3.63) is 39.8 Å². The zero-order valence-electron chi connectivity index (χ0n) is 10.5. The summed E-state index contributed by atoms with van der Waals surface area (Å²) in [7, 11) is -4.39. The summed E-state index contributed by atoms with van der Waals surface area (Å²) in [5.74, 6) is -1.09. The Kier molecular flexibility index (Phi) is 5.05. The molecule has 1 fully saturated rings. The normalized spacial score (nSPS) is 17.8. The quantitative estimate of drug-likeness (QED) is 0.463. The average Bonchev–Trinajstić information content (AvgIpc) is 2.64. The molecule has 1 saturated heterocycles. The minimum absolute atomic E-state index is 0.224. The number of thiocarbonyl (C=S) groups is 1. The zero-order valence-corrected chi connectivity index (χ0v) is 13.7. The number of hydrogen-bond donors (Lipinski definition) is 0. The summed E-state index contributed by atoms with van der Waals surface area (Å²) in [5.41, 5.74) is 0.663. The number of rotatable bonds is 4. The number of amides is 1. The standard InChI is InChI=1S/C12H10ClNO4S3/c13-9-4-2-1-3-8(9)7-10-11(15)14(12(19)20-10)5-6-21(16,17)18/h1-4,7H,5-6H2,(H,16,17,18)/p-1/b10-7-. The topological polar surface area (TPSA) is 77.5 Å². The molecule has 0 atom stereocenters. The number of nitrogens with zero attached hydrogens (tertiary/aromatic N) is 1. The van der Waals surface area contributed by atoms with Crippen LogP contribution in [0.3, 0.4) is 0 Å². The molecule has 112 valence electrons. The van der Waals surface area contributed by atoms with E-state index in [2.05, 4.69) is 0 Å². The molecule has 0 unspecified atom stereocenters. The van der Waals surface area contributed by atoms with Crippen molar-refractivity contribution in [3.63, 3.8) is 0 Å². The van der Waals surface area contributed by atoms with Crippen molar-refractivity contribution >= 4 is 62.0 Å². The molecule has 9 heteroatoms. The zero-order chi connectivity index (χ0) is 15.6. The molecule has 0 bridgehead atoms. The highest BCUT2D eigenvalue weighted by Crippen LogP contribution is 2.33. The van der Waals surface area contributed by atoms with Crippen LogP contribution >= 0.6 is 35.6 Å². The highest BCUT2D eigenvalue weighted by Gasteiger charge is 2.32. The maximum absolute atomic E-state index is 12.2. The average molecular weight is 363 g/mol. The first-order valence-electron chi connectivity index (χ1n) is 5.71. The van der Waals surface area contributed by atoms with Crippen LogP contribution in [0.1, 0.15) is 5.56 Å². The summed E-state index contributed by atoms with van der Waals surface area (Å²) in [5, 5.41) is 0.491. The van der Waals surface area contributed by atoms with Gasteiger partial charge in [-0.25, -0.2) is 8.42 Å². The number of carbonyl (C=O) groups is 1. The molecular formula is C12H9ClNO4S3-. The van der Waals surface area contributed by atoms with Gasteiger partial charge in [0.25, 0.3) is 5.91 Å². The molecule has 21 heavy (non-hydrogen) atoms. The van der Waals surface area contributed by atoms with Crippen LogP contribution in [0.25, 0.3) is 6.08 Å². The Morgan fingerprint density at radius 1 is 1.38 bits per heavy atom. The Balaban J connectivity index is 2.20. The van der Waals surface area contributed by atoms with E-state index in [9.17, 15) is 17.8 Å². The van der Waals surface area contributed by atoms with E-state index in [-0.39, 0.29) is 10.9 Å². The molecular weight excluding hydrogens is 354 g/mol. The second kappa shape index (κ2) is 6.45. The predicted molar refractivity (Wildman–Crippen MR) is 85.9 cm³/mol. The molecule has 0 aromatic heterocycles. The molecule has 1 heterocycles. The van der Waals surface area contributed by atoms with Crippen molar-refractivity contribution < 1.29 is 17.8 Å². The predicted octanol–water partition coefficient (Wildman–Crippen LogP) is 2.09. The SMILES string of the molecule is O=C1/C(=C/c2ccccc2Cl)SC(=S)N1CCS(=O)(=O)[O-]. The summed E-state index contributed by atoms with van der Waals surface area (Å²) in [6, 6.07) is 6.99. The van der Waals surface area contributed by atoms with Crippen LogP contribution in [-0.2, 0) is 14.9 Å². The second-order valence-corrected chi connectivity index (χ2v) is 7.72. The number of thioether (sulfide) groups is 1. The Morgan fingerprint density at radius 2 is 2.05 bits per heavy atom. The fraction of sp³-hybridized carbons (Fsp3) is 0.167. The van der Waals surface area contributed by atoms with Crippen molar-refractivity contribution in [1.29, 1.82) is 0 Å². The van der Waals surface area contributed by atoms with Crippen molar-refractivity contribution in [1.82, 2.24) is 4.90 Å². The molecule has 0 N–H and O–H groups in total. The third kappa shape index (κ3) is 4.27. The summed E-state index contributed by atoms with van der Waals surface area (Å²) >= 11 is 12.1. The fourth-order valence-corrected chi connectivity index (χ4v) is 3.53. The molecule has 2 rings (SSSR count). The summed E-state index contributed by atoms with van der Waals surface area (Å²) < 4.78 is 32.2. The van der Waals surface area contributed by atoms with E-state index in [1.54, 1.807) is 30.3 Å². The van der Waals surface area contributed by atoms with E-state index >= 15 is 0 Å². The molecule has 5 nitrogen and oxygen atoms in total. The van der Waals surface area contributed by atoms with E-state index in [0.717, 1.165) is 16.7 Å². The minimum atomic E-state index is -4.39. The molecule has 0 spiro atoms. The van der Waals surface area contributed by atoms with Crippen molar-refractivity contribution in [2.45, 2.75) is 0 Å². The minimum Gasteiger partial charge on any atom is -0.748 e. The van der Waals surface area contributed by atoms with Crippen LogP contribution in [0.15, 0.2) is 29.2 Å². The molecule has 0 radical (unpaired) electrons. The van der Waals surface area contributed by atoms with Gasteiger partial charge in [-0.05, 0) is 17.7 Å². The highest BCUT2D eigenvalue weighted by atomic mass is 35.5.